The number of piperidine rings is 2. The van der Waals surface area contributed by atoms with Crippen LogP contribution < -0.4 is 10.6 Å². The van der Waals surface area contributed by atoms with Gasteiger partial charge in [0.25, 0.3) is 0 Å². The maximum Gasteiger partial charge on any atom is 0.245 e. The molecule has 2 aliphatic heterocycles. The first-order chi connectivity index (χ1) is 21.2. The second kappa shape index (κ2) is 17.0. The molecule has 242 valence electrons. The van der Waals surface area contributed by atoms with Crippen molar-refractivity contribution in [1.82, 2.24) is 24.7 Å². The van der Waals surface area contributed by atoms with E-state index in [0.29, 0.717) is 36.0 Å². The zero-order chi connectivity index (χ0) is 31.5. The smallest absolute Gasteiger partial charge is 0.245 e. The van der Waals surface area contributed by atoms with Crippen LogP contribution in [0.4, 0.5) is 0 Å². The molecule has 2 N–H and O–H groups in total. The molecule has 2 fully saturated rings. The van der Waals surface area contributed by atoms with Crippen LogP contribution in [0.3, 0.4) is 0 Å². The van der Waals surface area contributed by atoms with E-state index in [1.807, 2.05) is 30.3 Å². The fourth-order valence-corrected chi connectivity index (χ4v) is 8.11. The molecule has 2 aromatic carbocycles. The number of halogens is 2. The molecule has 0 bridgehead atoms. The maximum atomic E-state index is 13.9. The number of nitrogens with zero attached hydrogens (tertiary/aromatic N) is 3. The minimum Gasteiger partial charge on any atom is -0.333 e. The SMILES string of the molecule is Cc1c(Cl)ccc(S(=O)(=O)N(CCc2ccccc2)CC(=O)NC(C=O)N(CCN2CCCCC2)CC2CCNCC2)c1Cl. The quantitative estimate of drug-likeness (QED) is 0.219. The van der Waals surface area contributed by atoms with Crippen LogP contribution in [0.1, 0.15) is 43.2 Å². The minimum atomic E-state index is -4.18. The molecule has 0 radical (unpaired) electrons. The van der Waals surface area contributed by atoms with Gasteiger partial charge in [-0.2, -0.15) is 4.31 Å². The van der Waals surface area contributed by atoms with Gasteiger partial charge < -0.3 is 15.5 Å². The third-order valence-corrected chi connectivity index (χ3v) is 11.5. The Balaban J connectivity index is 1.51. The summed E-state index contributed by atoms with van der Waals surface area (Å²) in [5, 5.41) is 6.62. The molecule has 2 aliphatic rings. The molecule has 0 saturated carbocycles. The second-order valence-corrected chi connectivity index (χ2v) is 14.5. The lowest BCUT2D eigenvalue weighted by molar-refractivity contribution is -0.127. The van der Waals surface area contributed by atoms with E-state index >= 15 is 0 Å². The lowest BCUT2D eigenvalue weighted by Crippen LogP contribution is -2.55. The molecule has 2 aromatic rings. The largest absolute Gasteiger partial charge is 0.333 e. The summed E-state index contributed by atoms with van der Waals surface area (Å²) in [5.74, 6) is -0.135. The molecule has 0 aliphatic carbocycles. The third kappa shape index (κ3) is 9.72. The predicted molar refractivity (Wildman–Crippen MR) is 176 cm³/mol. The van der Waals surface area contributed by atoms with Crippen LogP contribution >= 0.6 is 23.2 Å². The number of amides is 1. The fourth-order valence-electron chi connectivity index (χ4n) is 5.93. The molecule has 44 heavy (non-hydrogen) atoms. The molecular formula is C32H45Cl2N5O4S. The van der Waals surface area contributed by atoms with E-state index in [-0.39, 0.29) is 16.5 Å². The predicted octanol–water partition coefficient (Wildman–Crippen LogP) is 3.96. The van der Waals surface area contributed by atoms with Gasteiger partial charge in [0.2, 0.25) is 15.9 Å². The van der Waals surface area contributed by atoms with Crippen molar-refractivity contribution in [3.8, 4) is 0 Å². The fraction of sp³-hybridized carbons (Fsp3) is 0.562. The molecule has 4 rings (SSSR count). The number of carbonyl (C=O) groups excluding carboxylic acids is 2. The average molecular weight is 667 g/mol. The van der Waals surface area contributed by atoms with Crippen LogP contribution in [0.5, 0.6) is 0 Å². The first kappa shape index (κ1) is 34.8. The van der Waals surface area contributed by atoms with Gasteiger partial charge >= 0.3 is 0 Å². The van der Waals surface area contributed by atoms with Crippen molar-refractivity contribution < 1.29 is 18.0 Å². The van der Waals surface area contributed by atoms with Gasteiger partial charge in [-0.3, -0.25) is 14.5 Å². The van der Waals surface area contributed by atoms with Crippen molar-refractivity contribution in [3.63, 3.8) is 0 Å². The summed E-state index contributed by atoms with van der Waals surface area (Å²) < 4.78 is 29.0. The summed E-state index contributed by atoms with van der Waals surface area (Å²) in [6.07, 6.45) is 5.90. The number of benzene rings is 2. The number of likely N-dealkylation sites (tertiary alicyclic amines) is 1. The molecule has 0 aromatic heterocycles. The Bertz CT molecular complexity index is 1340. The zero-order valence-electron chi connectivity index (χ0n) is 25.5. The average Bonchev–Trinajstić information content (AvgIpc) is 3.04. The monoisotopic (exact) mass is 665 g/mol. The lowest BCUT2D eigenvalue weighted by atomic mass is 9.97. The lowest BCUT2D eigenvalue weighted by Gasteiger charge is -2.36. The number of carbonyl (C=O) groups is 2. The second-order valence-electron chi connectivity index (χ2n) is 11.8. The van der Waals surface area contributed by atoms with Crippen LogP contribution in [0, 0.1) is 12.8 Å². The molecule has 2 saturated heterocycles. The topological polar surface area (TPSA) is 102 Å². The molecular weight excluding hydrogens is 621 g/mol. The van der Waals surface area contributed by atoms with Crippen LogP contribution in [0.25, 0.3) is 0 Å². The van der Waals surface area contributed by atoms with Crippen molar-refractivity contribution in [2.45, 2.75) is 56.5 Å². The molecule has 12 heteroatoms. The van der Waals surface area contributed by atoms with Gasteiger partial charge in [-0.25, -0.2) is 8.42 Å². The molecule has 1 atom stereocenters. The molecule has 9 nitrogen and oxygen atoms in total. The summed E-state index contributed by atoms with van der Waals surface area (Å²) in [4.78, 5) is 30.4. The van der Waals surface area contributed by atoms with Gasteiger partial charge in [0, 0.05) is 31.2 Å². The number of hydrogen-bond donors (Lipinski definition) is 2. The molecule has 1 unspecified atom stereocenters. The van der Waals surface area contributed by atoms with Gasteiger partial charge in [-0.1, -0.05) is 60.0 Å². The minimum absolute atomic E-state index is 0.0271. The summed E-state index contributed by atoms with van der Waals surface area (Å²) in [6, 6.07) is 12.3. The Labute approximate surface area is 272 Å². The summed E-state index contributed by atoms with van der Waals surface area (Å²) >= 11 is 12.7. The van der Waals surface area contributed by atoms with E-state index in [2.05, 4.69) is 20.4 Å². The zero-order valence-corrected chi connectivity index (χ0v) is 27.8. The van der Waals surface area contributed by atoms with Crippen molar-refractivity contribution >= 4 is 45.4 Å². The van der Waals surface area contributed by atoms with Crippen molar-refractivity contribution in [2.24, 2.45) is 5.92 Å². The van der Waals surface area contributed by atoms with Crippen molar-refractivity contribution in [2.75, 3.05) is 58.9 Å². The Kier molecular flexibility index (Phi) is 13.5. The summed E-state index contributed by atoms with van der Waals surface area (Å²) in [5.41, 5.74) is 1.38. The maximum absolute atomic E-state index is 13.9. The van der Waals surface area contributed by atoms with E-state index < -0.39 is 28.6 Å². The highest BCUT2D eigenvalue weighted by Gasteiger charge is 2.31. The number of sulfonamides is 1. The summed E-state index contributed by atoms with van der Waals surface area (Å²) in [6.45, 7) is 7.35. The van der Waals surface area contributed by atoms with Gasteiger partial charge in [-0.05, 0) is 94.4 Å². The normalized spacial score (nSPS) is 17.6. The van der Waals surface area contributed by atoms with E-state index in [0.717, 1.165) is 61.7 Å². The number of rotatable bonds is 15. The Morgan fingerprint density at radius 1 is 1.07 bits per heavy atom. The van der Waals surface area contributed by atoms with Crippen LogP contribution in [0.2, 0.25) is 10.0 Å². The Morgan fingerprint density at radius 2 is 1.77 bits per heavy atom. The van der Waals surface area contributed by atoms with Crippen LogP contribution in [-0.4, -0.2) is 99.8 Å². The number of hydrogen-bond acceptors (Lipinski definition) is 7. The Hall–Kier alpha value is -2.05. The van der Waals surface area contributed by atoms with E-state index in [1.54, 1.807) is 6.92 Å². The van der Waals surface area contributed by atoms with Gasteiger partial charge in [0.05, 0.1) is 11.6 Å². The van der Waals surface area contributed by atoms with E-state index in [9.17, 15) is 18.0 Å². The van der Waals surface area contributed by atoms with Gasteiger partial charge in [0.15, 0.2) is 6.29 Å². The number of nitrogens with one attached hydrogen (secondary N) is 2. The van der Waals surface area contributed by atoms with Crippen molar-refractivity contribution in [3.05, 3.63) is 63.6 Å². The standard InChI is InChI=1S/C32H45Cl2N5O4S/c1-25-28(33)10-11-29(32(25)34)44(42,43)39(19-14-26-8-4-2-5-9-26)23-31(41)36-30(24-40)38(22-27-12-15-35-16-13-27)21-20-37-17-6-3-7-18-37/h2,4-5,8-11,24,27,30,35H,3,6-7,12-23H2,1H3,(H,36,41). The summed E-state index contributed by atoms with van der Waals surface area (Å²) in [7, 11) is -4.18. The van der Waals surface area contributed by atoms with Gasteiger partial charge in [-0.15, -0.1) is 0 Å². The first-order valence-corrected chi connectivity index (χ1v) is 17.8. The Morgan fingerprint density at radius 3 is 2.45 bits per heavy atom. The van der Waals surface area contributed by atoms with E-state index in [4.69, 9.17) is 23.2 Å². The highest BCUT2D eigenvalue weighted by atomic mass is 35.5. The van der Waals surface area contributed by atoms with Crippen LogP contribution in [0.15, 0.2) is 47.4 Å². The molecule has 2 heterocycles. The van der Waals surface area contributed by atoms with E-state index in [1.165, 1.54) is 31.4 Å². The van der Waals surface area contributed by atoms with Gasteiger partial charge in [0.1, 0.15) is 11.1 Å². The molecule has 1 amide bonds. The third-order valence-electron chi connectivity index (χ3n) is 8.65. The molecule has 0 spiro atoms. The number of aldehydes is 1. The van der Waals surface area contributed by atoms with Crippen molar-refractivity contribution in [1.29, 1.82) is 0 Å². The first-order valence-electron chi connectivity index (χ1n) is 15.6. The highest BCUT2D eigenvalue weighted by molar-refractivity contribution is 7.89. The van der Waals surface area contributed by atoms with Crippen LogP contribution in [-0.2, 0) is 26.0 Å². The highest BCUT2D eigenvalue weighted by Crippen LogP contribution is 2.32.